The summed E-state index contributed by atoms with van der Waals surface area (Å²) in [6, 6.07) is 14.6. The Bertz CT molecular complexity index is 1770. The minimum Gasteiger partial charge on any atom is -0.444 e. The summed E-state index contributed by atoms with van der Waals surface area (Å²) in [5, 5.41) is 13.8. The van der Waals surface area contributed by atoms with Gasteiger partial charge in [-0.15, -0.1) is 0 Å². The molecule has 3 heterocycles. The number of amides is 2. The lowest BCUT2D eigenvalue weighted by molar-refractivity contribution is -0.0162. The van der Waals surface area contributed by atoms with Gasteiger partial charge in [0.25, 0.3) is 5.91 Å². The van der Waals surface area contributed by atoms with E-state index in [9.17, 15) is 22.8 Å². The van der Waals surface area contributed by atoms with Crippen LogP contribution >= 0.6 is 0 Å². The second-order valence-corrected chi connectivity index (χ2v) is 13.3. The van der Waals surface area contributed by atoms with E-state index >= 15 is 0 Å². The van der Waals surface area contributed by atoms with Gasteiger partial charge in [-0.25, -0.2) is 18.0 Å². The first-order chi connectivity index (χ1) is 23.0. The number of aromatic amines is 1. The number of hydrogen-bond acceptors (Lipinski definition) is 7. The average molecular weight is 664 g/mol. The zero-order valence-corrected chi connectivity index (χ0v) is 27.3. The highest BCUT2D eigenvalue weighted by Crippen LogP contribution is 2.29. The quantitative estimate of drug-likeness (QED) is 0.208. The van der Waals surface area contributed by atoms with Gasteiger partial charge in [0.2, 0.25) is 0 Å². The van der Waals surface area contributed by atoms with Gasteiger partial charge in [-0.2, -0.15) is 5.10 Å². The van der Waals surface area contributed by atoms with Gasteiger partial charge in [-0.3, -0.25) is 14.8 Å². The summed E-state index contributed by atoms with van der Waals surface area (Å²) < 4.78 is 46.2. The van der Waals surface area contributed by atoms with Gasteiger partial charge in [0.15, 0.2) is 5.82 Å². The largest absolute Gasteiger partial charge is 0.444 e. The molecule has 0 unspecified atom stereocenters. The number of hydrogen-bond donors (Lipinski definition) is 3. The third-order valence-electron chi connectivity index (χ3n) is 8.56. The van der Waals surface area contributed by atoms with Crippen molar-refractivity contribution >= 4 is 40.1 Å². The highest BCUT2D eigenvalue weighted by atomic mass is 19.1. The van der Waals surface area contributed by atoms with E-state index in [0.29, 0.717) is 59.1 Å². The summed E-state index contributed by atoms with van der Waals surface area (Å²) in [5.41, 5.74) is 3.20. The van der Waals surface area contributed by atoms with Crippen molar-refractivity contribution in [1.29, 1.82) is 0 Å². The molecule has 3 aromatic carbocycles. The van der Waals surface area contributed by atoms with Crippen molar-refractivity contribution < 1.29 is 27.5 Å². The van der Waals surface area contributed by atoms with Crippen molar-refractivity contribution in [3.05, 3.63) is 82.9 Å². The molecular weight excluding hydrogens is 623 g/mol. The molecule has 3 N–H and O–H groups in total. The summed E-state index contributed by atoms with van der Waals surface area (Å²) >= 11 is 0. The molecule has 254 valence electrons. The number of carbonyl (C=O) groups is 2. The van der Waals surface area contributed by atoms with E-state index < -0.39 is 29.8 Å². The number of nitrogens with zero attached hydrogens (tertiary/aromatic N) is 4. The van der Waals surface area contributed by atoms with Crippen molar-refractivity contribution in [3.63, 3.8) is 0 Å². The SMILES string of the molecule is CC(C)(C)OC(=O)N1CC(N2CCN(c3ccc(C(=O)Nc4n[nH]c5ccc(Cc6cc(F)cc(F)c6)cc45)c(NCCF)c3)CC2)C1. The third kappa shape index (κ3) is 7.67. The van der Waals surface area contributed by atoms with Gasteiger partial charge in [0.05, 0.1) is 11.1 Å². The normalized spacial score (nSPS) is 15.8. The third-order valence-corrected chi connectivity index (χ3v) is 8.56. The number of halogens is 3. The Labute approximate surface area is 277 Å². The van der Waals surface area contributed by atoms with Crippen LogP contribution in [0.1, 0.15) is 42.3 Å². The van der Waals surface area contributed by atoms with E-state index in [0.717, 1.165) is 43.5 Å². The lowest BCUT2D eigenvalue weighted by Crippen LogP contribution is -2.64. The summed E-state index contributed by atoms with van der Waals surface area (Å²) in [6.07, 6.45) is 0.0141. The number of ether oxygens (including phenoxy) is 1. The fourth-order valence-electron chi connectivity index (χ4n) is 6.15. The van der Waals surface area contributed by atoms with Gasteiger partial charge in [-0.05, 0) is 80.8 Å². The second-order valence-electron chi connectivity index (χ2n) is 13.3. The average Bonchev–Trinajstić information content (AvgIpc) is 3.39. The number of carbonyl (C=O) groups excluding carboxylic acids is 2. The van der Waals surface area contributed by atoms with Gasteiger partial charge in [0, 0.05) is 74.7 Å². The standard InChI is InChI=1S/C35H40F3N7O3/c1-35(2,3)48-34(47)45-20-27(21-45)44-12-10-43(11-13-44)26-5-6-28(31(19-26)39-9-8-36)33(46)40-32-29-17-22(4-7-30(29)41-42-32)14-23-15-24(37)18-25(38)16-23/h4-7,15-19,27,39H,8-14,20-21H2,1-3H3,(H2,40,41,42,46). The number of benzene rings is 3. The fourth-order valence-corrected chi connectivity index (χ4v) is 6.15. The number of fused-ring (bicyclic) bond motifs is 1. The van der Waals surface area contributed by atoms with Gasteiger partial charge < -0.3 is 25.2 Å². The first kappa shape index (κ1) is 33.1. The smallest absolute Gasteiger partial charge is 0.410 e. The first-order valence-electron chi connectivity index (χ1n) is 16.1. The minimum absolute atomic E-state index is 0.0444. The molecule has 10 nitrogen and oxygen atoms in total. The maximum atomic E-state index is 13.7. The maximum Gasteiger partial charge on any atom is 0.410 e. The molecule has 0 bridgehead atoms. The zero-order valence-electron chi connectivity index (χ0n) is 27.3. The van der Waals surface area contributed by atoms with Crippen molar-refractivity contribution in [2.45, 2.75) is 38.8 Å². The van der Waals surface area contributed by atoms with E-state index in [1.807, 2.05) is 45.0 Å². The van der Waals surface area contributed by atoms with Crippen LogP contribution in [0.5, 0.6) is 0 Å². The predicted molar refractivity (Wildman–Crippen MR) is 179 cm³/mol. The number of piperazine rings is 1. The fraction of sp³-hybridized carbons (Fsp3) is 0.400. The molecule has 48 heavy (non-hydrogen) atoms. The molecule has 0 saturated carbocycles. The molecule has 2 aliphatic heterocycles. The summed E-state index contributed by atoms with van der Waals surface area (Å²) in [6.45, 7) is 9.50. The van der Waals surface area contributed by atoms with Crippen LogP contribution in [0, 0.1) is 11.6 Å². The van der Waals surface area contributed by atoms with Crippen LogP contribution in [0.3, 0.4) is 0 Å². The maximum absolute atomic E-state index is 13.7. The highest BCUT2D eigenvalue weighted by Gasteiger charge is 2.38. The van der Waals surface area contributed by atoms with Gasteiger partial charge in [0.1, 0.15) is 23.9 Å². The molecule has 2 fully saturated rings. The topological polar surface area (TPSA) is 106 Å². The van der Waals surface area contributed by atoms with Crippen molar-refractivity contribution in [1.82, 2.24) is 20.0 Å². The molecular formula is C35H40F3N7O3. The summed E-state index contributed by atoms with van der Waals surface area (Å²) in [7, 11) is 0. The van der Waals surface area contributed by atoms with E-state index in [1.165, 1.54) is 12.1 Å². The van der Waals surface area contributed by atoms with Crippen LogP contribution in [-0.2, 0) is 11.2 Å². The van der Waals surface area contributed by atoms with Gasteiger partial charge in [-0.1, -0.05) is 6.07 Å². The molecule has 2 saturated heterocycles. The molecule has 4 aromatic rings. The molecule has 0 atom stereocenters. The molecule has 13 heteroatoms. The Hall–Kier alpha value is -4.78. The Kier molecular flexibility index (Phi) is 9.49. The first-order valence-corrected chi connectivity index (χ1v) is 16.1. The van der Waals surface area contributed by atoms with E-state index in [2.05, 4.69) is 30.6 Å². The van der Waals surface area contributed by atoms with Crippen LogP contribution in [0.25, 0.3) is 10.9 Å². The van der Waals surface area contributed by atoms with Crippen molar-refractivity contribution in [2.24, 2.45) is 0 Å². The van der Waals surface area contributed by atoms with E-state index in [4.69, 9.17) is 4.74 Å². The predicted octanol–water partition coefficient (Wildman–Crippen LogP) is 5.81. The molecule has 0 spiro atoms. The Morgan fingerprint density at radius 2 is 1.69 bits per heavy atom. The number of anilines is 3. The number of likely N-dealkylation sites (tertiary alicyclic amines) is 1. The molecule has 2 aliphatic rings. The number of alkyl halides is 1. The zero-order chi connectivity index (χ0) is 34.0. The number of rotatable bonds is 9. The van der Waals surface area contributed by atoms with E-state index in [-0.39, 0.29) is 12.6 Å². The Balaban J connectivity index is 1.11. The lowest BCUT2D eigenvalue weighted by Gasteiger charge is -2.48. The summed E-state index contributed by atoms with van der Waals surface area (Å²) in [4.78, 5) is 32.2. The van der Waals surface area contributed by atoms with Crippen LogP contribution in [0.15, 0.2) is 54.6 Å². The Morgan fingerprint density at radius 3 is 2.38 bits per heavy atom. The van der Waals surface area contributed by atoms with Gasteiger partial charge >= 0.3 is 6.09 Å². The lowest BCUT2D eigenvalue weighted by atomic mass is 10.0. The van der Waals surface area contributed by atoms with Crippen LogP contribution < -0.4 is 15.5 Å². The summed E-state index contributed by atoms with van der Waals surface area (Å²) in [5.74, 6) is -1.40. The minimum atomic E-state index is -0.644. The molecule has 0 radical (unpaired) electrons. The molecule has 0 aliphatic carbocycles. The van der Waals surface area contributed by atoms with Crippen molar-refractivity contribution in [3.8, 4) is 0 Å². The Morgan fingerprint density at radius 1 is 0.958 bits per heavy atom. The number of nitrogens with one attached hydrogen (secondary N) is 3. The van der Waals surface area contributed by atoms with Crippen LogP contribution in [0.2, 0.25) is 0 Å². The highest BCUT2D eigenvalue weighted by molar-refractivity contribution is 6.11. The number of H-pyrrole nitrogens is 1. The van der Waals surface area contributed by atoms with E-state index in [1.54, 1.807) is 17.0 Å². The number of aromatic nitrogens is 2. The molecule has 6 rings (SSSR count). The van der Waals surface area contributed by atoms with Crippen LogP contribution in [0.4, 0.5) is 35.2 Å². The molecule has 2 amide bonds. The van der Waals surface area contributed by atoms with Crippen LogP contribution in [-0.4, -0.2) is 96.1 Å². The monoisotopic (exact) mass is 663 g/mol. The van der Waals surface area contributed by atoms with Crippen molar-refractivity contribution in [2.75, 3.05) is 68.0 Å². The molecule has 1 aromatic heterocycles. The second kappa shape index (κ2) is 13.8.